The second-order valence-electron chi connectivity index (χ2n) is 4.99. The van der Waals surface area contributed by atoms with Crippen molar-refractivity contribution in [3.63, 3.8) is 0 Å². The Balaban J connectivity index is 4.15. The maximum atomic E-state index is 12.1. The van der Waals surface area contributed by atoms with Gasteiger partial charge >= 0.3 is 6.18 Å². The number of alkyl halides is 3. The number of carbonyl (C=O) groups excluding carboxylic acids is 1. The van der Waals surface area contributed by atoms with E-state index < -0.39 is 18.6 Å². The molecule has 3 nitrogen and oxygen atoms in total. The smallest absolute Gasteiger partial charge is 0.337 e. The predicted octanol–water partition coefficient (Wildman–Crippen LogP) is 2.41. The molecule has 0 spiro atoms. The molecular weight excluding hydrogens is 245 g/mol. The van der Waals surface area contributed by atoms with Gasteiger partial charge in [-0.2, -0.15) is 13.2 Å². The van der Waals surface area contributed by atoms with E-state index in [2.05, 4.69) is 0 Å². The molecule has 0 saturated heterocycles. The van der Waals surface area contributed by atoms with Crippen LogP contribution in [0, 0.1) is 11.8 Å². The molecule has 0 heterocycles. The normalized spacial score (nSPS) is 13.8. The van der Waals surface area contributed by atoms with Crippen molar-refractivity contribution in [1.82, 2.24) is 4.90 Å². The van der Waals surface area contributed by atoms with Gasteiger partial charge in [0.1, 0.15) is 6.54 Å². The molecule has 0 rings (SSSR count). The summed E-state index contributed by atoms with van der Waals surface area (Å²) in [5.74, 6) is 0.211. The summed E-state index contributed by atoms with van der Waals surface area (Å²) in [6.45, 7) is 3.42. The van der Waals surface area contributed by atoms with Gasteiger partial charge in [0.25, 0.3) is 0 Å². The Bertz CT molecular complexity index is 254. The largest absolute Gasteiger partial charge is 0.406 e. The minimum absolute atomic E-state index is 0.148. The first-order valence-corrected chi connectivity index (χ1v) is 6.18. The molecule has 0 aliphatic heterocycles. The molecule has 0 aromatic rings. The molecule has 18 heavy (non-hydrogen) atoms. The molecule has 2 N–H and O–H groups in total. The first-order valence-electron chi connectivity index (χ1n) is 6.18. The van der Waals surface area contributed by atoms with E-state index in [1.807, 2.05) is 13.8 Å². The molecule has 0 bridgehead atoms. The Morgan fingerprint density at radius 1 is 1.28 bits per heavy atom. The van der Waals surface area contributed by atoms with Crippen molar-refractivity contribution in [3.05, 3.63) is 0 Å². The van der Waals surface area contributed by atoms with Crippen LogP contribution in [-0.4, -0.2) is 37.1 Å². The highest BCUT2D eigenvalue weighted by atomic mass is 19.4. The molecule has 1 amide bonds. The predicted molar refractivity (Wildman–Crippen MR) is 64.9 cm³/mol. The van der Waals surface area contributed by atoms with Crippen LogP contribution in [0.5, 0.6) is 0 Å². The van der Waals surface area contributed by atoms with Gasteiger partial charge < -0.3 is 10.6 Å². The summed E-state index contributed by atoms with van der Waals surface area (Å²) in [4.78, 5) is 12.3. The minimum Gasteiger partial charge on any atom is -0.337 e. The van der Waals surface area contributed by atoms with Gasteiger partial charge in [0.05, 0.1) is 0 Å². The van der Waals surface area contributed by atoms with Crippen LogP contribution in [0.4, 0.5) is 13.2 Å². The lowest BCUT2D eigenvalue weighted by Crippen LogP contribution is -2.36. The van der Waals surface area contributed by atoms with Crippen LogP contribution in [0.15, 0.2) is 0 Å². The average molecular weight is 268 g/mol. The van der Waals surface area contributed by atoms with Crippen molar-refractivity contribution in [2.24, 2.45) is 17.6 Å². The summed E-state index contributed by atoms with van der Waals surface area (Å²) >= 11 is 0. The van der Waals surface area contributed by atoms with Gasteiger partial charge in [-0.15, -0.1) is 0 Å². The molecule has 1 atom stereocenters. The number of halogens is 3. The Morgan fingerprint density at radius 3 is 2.22 bits per heavy atom. The SMILES string of the molecule is CC(C)C(CCN)CCC(=O)N(C)CC(F)(F)F. The number of nitrogens with two attached hydrogens (primary N) is 1. The zero-order chi connectivity index (χ0) is 14.3. The third kappa shape index (κ3) is 7.53. The van der Waals surface area contributed by atoms with E-state index in [0.717, 1.165) is 11.3 Å². The second kappa shape index (κ2) is 7.61. The van der Waals surface area contributed by atoms with Crippen LogP contribution in [-0.2, 0) is 4.79 Å². The van der Waals surface area contributed by atoms with Gasteiger partial charge in [0, 0.05) is 13.5 Å². The maximum absolute atomic E-state index is 12.1. The van der Waals surface area contributed by atoms with Crippen molar-refractivity contribution in [1.29, 1.82) is 0 Å². The first kappa shape index (κ1) is 17.2. The van der Waals surface area contributed by atoms with Gasteiger partial charge in [-0.05, 0) is 31.2 Å². The van der Waals surface area contributed by atoms with Crippen molar-refractivity contribution >= 4 is 5.91 Å². The summed E-state index contributed by atoms with van der Waals surface area (Å²) in [5, 5.41) is 0. The number of nitrogens with zero attached hydrogens (tertiary/aromatic N) is 1. The van der Waals surface area contributed by atoms with E-state index in [9.17, 15) is 18.0 Å². The molecule has 0 aromatic heterocycles. The van der Waals surface area contributed by atoms with Crippen LogP contribution < -0.4 is 5.73 Å². The van der Waals surface area contributed by atoms with Gasteiger partial charge in [-0.25, -0.2) is 0 Å². The van der Waals surface area contributed by atoms with Crippen LogP contribution in [0.3, 0.4) is 0 Å². The molecule has 0 radical (unpaired) electrons. The molecule has 108 valence electrons. The Kier molecular flexibility index (Phi) is 7.28. The summed E-state index contributed by atoms with van der Waals surface area (Å²) in [7, 11) is 1.18. The average Bonchev–Trinajstić information content (AvgIpc) is 2.20. The van der Waals surface area contributed by atoms with Gasteiger partial charge in [-0.3, -0.25) is 4.79 Å². The van der Waals surface area contributed by atoms with Gasteiger partial charge in [0.2, 0.25) is 5.91 Å². The van der Waals surface area contributed by atoms with E-state index in [1.54, 1.807) is 0 Å². The Labute approximate surface area is 107 Å². The van der Waals surface area contributed by atoms with Crippen molar-refractivity contribution < 1.29 is 18.0 Å². The monoisotopic (exact) mass is 268 g/mol. The van der Waals surface area contributed by atoms with E-state index in [4.69, 9.17) is 5.73 Å². The number of carbonyl (C=O) groups is 1. The van der Waals surface area contributed by atoms with Crippen LogP contribution in [0.1, 0.15) is 33.1 Å². The van der Waals surface area contributed by atoms with Crippen molar-refractivity contribution in [2.75, 3.05) is 20.1 Å². The van der Waals surface area contributed by atoms with Crippen LogP contribution in [0.2, 0.25) is 0 Å². The zero-order valence-corrected chi connectivity index (χ0v) is 11.3. The highest BCUT2D eigenvalue weighted by Crippen LogP contribution is 2.21. The molecule has 0 saturated carbocycles. The molecule has 0 aliphatic rings. The van der Waals surface area contributed by atoms with E-state index in [0.29, 0.717) is 24.8 Å². The molecule has 0 fully saturated rings. The zero-order valence-electron chi connectivity index (χ0n) is 11.3. The molecular formula is C12H23F3N2O. The quantitative estimate of drug-likeness (QED) is 0.770. The lowest BCUT2D eigenvalue weighted by molar-refractivity contribution is -0.158. The minimum atomic E-state index is -4.33. The fourth-order valence-corrected chi connectivity index (χ4v) is 1.88. The Morgan fingerprint density at radius 2 is 1.83 bits per heavy atom. The topological polar surface area (TPSA) is 46.3 Å². The second-order valence-corrected chi connectivity index (χ2v) is 4.99. The standard InChI is InChI=1S/C12H23F3N2O/c1-9(2)10(6-7-16)4-5-11(18)17(3)8-12(13,14)15/h9-10H,4-8,16H2,1-3H3. The van der Waals surface area contributed by atoms with Crippen LogP contribution in [0.25, 0.3) is 0 Å². The molecule has 6 heteroatoms. The number of hydrogen-bond acceptors (Lipinski definition) is 2. The van der Waals surface area contributed by atoms with Crippen molar-refractivity contribution in [3.8, 4) is 0 Å². The highest BCUT2D eigenvalue weighted by Gasteiger charge is 2.31. The summed E-state index contributed by atoms with van der Waals surface area (Å²) in [6.07, 6.45) is -2.79. The summed E-state index contributed by atoms with van der Waals surface area (Å²) in [5.41, 5.74) is 5.47. The van der Waals surface area contributed by atoms with E-state index >= 15 is 0 Å². The van der Waals surface area contributed by atoms with Crippen LogP contribution >= 0.6 is 0 Å². The number of hydrogen-bond donors (Lipinski definition) is 1. The fourth-order valence-electron chi connectivity index (χ4n) is 1.88. The molecule has 0 aliphatic carbocycles. The lowest BCUT2D eigenvalue weighted by Gasteiger charge is -2.22. The summed E-state index contributed by atoms with van der Waals surface area (Å²) in [6, 6.07) is 0. The fraction of sp³-hybridized carbons (Fsp3) is 0.917. The first-order chi connectivity index (χ1) is 8.17. The Hall–Kier alpha value is -0.780. The summed E-state index contributed by atoms with van der Waals surface area (Å²) < 4.78 is 36.3. The van der Waals surface area contributed by atoms with Gasteiger partial charge in [-0.1, -0.05) is 13.8 Å². The van der Waals surface area contributed by atoms with Crippen molar-refractivity contribution in [2.45, 2.75) is 39.3 Å². The van der Waals surface area contributed by atoms with E-state index in [1.165, 1.54) is 7.05 Å². The lowest BCUT2D eigenvalue weighted by atomic mass is 9.88. The molecule has 0 aromatic carbocycles. The third-order valence-electron chi connectivity index (χ3n) is 3.05. The maximum Gasteiger partial charge on any atom is 0.406 e. The van der Waals surface area contributed by atoms with Gasteiger partial charge in [0.15, 0.2) is 0 Å². The highest BCUT2D eigenvalue weighted by molar-refractivity contribution is 5.75. The third-order valence-corrected chi connectivity index (χ3v) is 3.05. The number of amides is 1. The van der Waals surface area contributed by atoms with E-state index in [-0.39, 0.29) is 6.42 Å². The molecule has 1 unspecified atom stereocenters. The number of rotatable bonds is 7.